The van der Waals surface area contributed by atoms with Crippen LogP contribution in [0.5, 0.6) is 0 Å². The predicted octanol–water partition coefficient (Wildman–Crippen LogP) is 9.92. The second kappa shape index (κ2) is 17.9. The number of ether oxygens (including phenoxy) is 3. The first-order chi connectivity index (χ1) is 29.9. The normalized spacial score (nSPS) is 49.5. The summed E-state index contributed by atoms with van der Waals surface area (Å²) in [5.74, 6) is 2.61. The standard InChI is InChI=1S/C31H50N2O5.C23H40O3/c1-18(2)14-29(5)15-24(38-28(36)32-27(35)22-17-33-13-10-21(22)16-33)30(6)19(3)8-11-31(20(4)26(29)34)12-9-23(37-7)25(30)31;1-14(2)12-21(5)13-18(24)22(6)15(3)8-10-23(16(4)20(21)25)11-9-17(26-7)19(22)23/h18-25H,8-17H2,1-7H3,(H,32,35,36);14-19,24H,8-13H2,1-7H3/t19-,20+,21-,22+,23-,24-,25?,29-,30+,31?;15-,16+,17-,18-,19?,21-,22+,23?/m11/s1. The van der Waals surface area contributed by atoms with Gasteiger partial charge in [-0.15, -0.1) is 0 Å². The van der Waals surface area contributed by atoms with Crippen molar-refractivity contribution in [2.24, 2.45) is 91.7 Å². The third kappa shape index (κ3) is 7.90. The van der Waals surface area contributed by atoms with Gasteiger partial charge in [0.15, 0.2) is 0 Å². The van der Waals surface area contributed by atoms with Crippen LogP contribution in [0.25, 0.3) is 0 Å². The van der Waals surface area contributed by atoms with Gasteiger partial charge in [-0.3, -0.25) is 19.7 Å². The lowest BCUT2D eigenvalue weighted by Gasteiger charge is -2.62. The van der Waals surface area contributed by atoms with Crippen LogP contribution in [0.3, 0.4) is 0 Å². The molecule has 6 saturated carbocycles. The molecule has 2 amide bonds. The molecule has 10 nitrogen and oxygen atoms in total. The van der Waals surface area contributed by atoms with E-state index in [-0.39, 0.29) is 69.4 Å². The number of carbonyl (C=O) groups is 4. The SMILES string of the molecule is CO[C@@H]1CCC23CC[C@@H](C)[C@](C)(C12)[C@H](O)C[C@@](C)(CC(C)C)C(=O)[C@@H]3C.CO[C@@H]1CCC23CC[C@@H](C)[C@](C)(C12)[C@H](OC(=O)NC(=O)[C@H]1CN2CC[C@@H]1C2)C[C@@](C)(CC(C)C)C(=O)[C@@H]3C. The van der Waals surface area contributed by atoms with Crippen molar-refractivity contribution in [1.82, 2.24) is 10.2 Å². The molecule has 6 bridgehead atoms. The number of ketones is 2. The van der Waals surface area contributed by atoms with E-state index in [9.17, 15) is 24.3 Å². The molecule has 364 valence electrons. The molecule has 2 heterocycles. The van der Waals surface area contributed by atoms with Crippen LogP contribution in [-0.4, -0.2) is 91.8 Å². The maximum Gasteiger partial charge on any atom is 0.414 e. The maximum atomic E-state index is 14.4. The van der Waals surface area contributed by atoms with Gasteiger partial charge < -0.3 is 24.2 Å². The summed E-state index contributed by atoms with van der Waals surface area (Å²) in [6, 6.07) is 0. The molecule has 0 aromatic heterocycles. The van der Waals surface area contributed by atoms with Crippen molar-refractivity contribution in [3.8, 4) is 0 Å². The fourth-order valence-corrected chi connectivity index (χ4v) is 17.8. The first kappa shape index (κ1) is 50.0. The van der Waals surface area contributed by atoms with Crippen LogP contribution in [-0.2, 0) is 28.6 Å². The summed E-state index contributed by atoms with van der Waals surface area (Å²) in [5, 5.41) is 14.2. The molecule has 8 aliphatic rings. The first-order valence-corrected chi connectivity index (χ1v) is 25.9. The first-order valence-electron chi connectivity index (χ1n) is 25.9. The van der Waals surface area contributed by atoms with Gasteiger partial charge in [-0.2, -0.15) is 0 Å². The molecule has 8 fully saturated rings. The van der Waals surface area contributed by atoms with E-state index in [0.717, 1.165) is 90.3 Å². The molecule has 6 aliphatic carbocycles. The van der Waals surface area contributed by atoms with Gasteiger partial charge in [-0.05, 0) is 136 Å². The lowest BCUT2D eigenvalue weighted by molar-refractivity contribution is -0.193. The number of piperidine rings is 1. The molecule has 0 aromatic carbocycles. The van der Waals surface area contributed by atoms with E-state index >= 15 is 0 Å². The summed E-state index contributed by atoms with van der Waals surface area (Å²) >= 11 is 0. The minimum absolute atomic E-state index is 0.00133. The molecule has 5 unspecified atom stereocenters. The van der Waals surface area contributed by atoms with Crippen LogP contribution < -0.4 is 5.32 Å². The number of fused-ring (bicyclic) bond motifs is 2. The van der Waals surface area contributed by atoms with Crippen LogP contribution in [0.15, 0.2) is 0 Å². The molecule has 8 rings (SSSR count). The molecule has 0 radical (unpaired) electrons. The molecule has 2 aliphatic heterocycles. The van der Waals surface area contributed by atoms with Crippen LogP contribution in [0.2, 0.25) is 0 Å². The number of nitrogens with zero attached hydrogens (tertiary/aromatic N) is 1. The van der Waals surface area contributed by atoms with E-state index in [1.54, 1.807) is 7.11 Å². The Labute approximate surface area is 387 Å². The highest BCUT2D eigenvalue weighted by molar-refractivity contribution is 5.94. The average Bonchev–Trinajstić information content (AvgIpc) is 4.04. The minimum Gasteiger partial charge on any atom is -0.445 e. The van der Waals surface area contributed by atoms with Crippen molar-refractivity contribution in [2.45, 2.75) is 191 Å². The van der Waals surface area contributed by atoms with E-state index in [0.29, 0.717) is 54.0 Å². The molecular weight excluding hydrogens is 805 g/mol. The summed E-state index contributed by atoms with van der Waals surface area (Å²) in [6.45, 7) is 29.2. The monoisotopic (exact) mass is 895 g/mol. The number of nitrogens with one attached hydrogen (secondary N) is 1. The summed E-state index contributed by atoms with van der Waals surface area (Å²) in [5.41, 5.74) is -1.71. The molecule has 2 N–H and O–H groups in total. The number of hydrogen-bond donors (Lipinski definition) is 2. The average molecular weight is 895 g/mol. The van der Waals surface area contributed by atoms with Crippen molar-refractivity contribution in [2.75, 3.05) is 33.9 Å². The molecule has 0 spiro atoms. The van der Waals surface area contributed by atoms with Gasteiger partial charge in [0.2, 0.25) is 5.91 Å². The van der Waals surface area contributed by atoms with E-state index in [2.05, 4.69) is 93.3 Å². The van der Waals surface area contributed by atoms with Crippen molar-refractivity contribution in [3.05, 3.63) is 0 Å². The van der Waals surface area contributed by atoms with E-state index in [1.165, 1.54) is 0 Å². The van der Waals surface area contributed by atoms with Gasteiger partial charge in [0.25, 0.3) is 0 Å². The molecule has 0 aromatic rings. The highest BCUT2D eigenvalue weighted by Gasteiger charge is 2.70. The van der Waals surface area contributed by atoms with Crippen molar-refractivity contribution in [3.63, 3.8) is 0 Å². The van der Waals surface area contributed by atoms with Gasteiger partial charge in [-0.25, -0.2) is 4.79 Å². The van der Waals surface area contributed by atoms with E-state index < -0.39 is 29.1 Å². The largest absolute Gasteiger partial charge is 0.445 e. The Hall–Kier alpha value is -1.88. The van der Waals surface area contributed by atoms with Gasteiger partial charge in [-0.1, -0.05) is 83.1 Å². The zero-order valence-electron chi connectivity index (χ0n) is 42.6. The van der Waals surface area contributed by atoms with Gasteiger partial charge >= 0.3 is 6.09 Å². The van der Waals surface area contributed by atoms with Crippen LogP contribution in [0, 0.1) is 91.7 Å². The summed E-state index contributed by atoms with van der Waals surface area (Å²) < 4.78 is 18.4. The number of aliphatic hydroxyl groups is 1. The molecule has 2 saturated heterocycles. The van der Waals surface area contributed by atoms with Crippen molar-refractivity contribution >= 4 is 23.6 Å². The lowest BCUT2D eigenvalue weighted by Crippen LogP contribution is -2.63. The number of aliphatic hydroxyl groups excluding tert-OH is 1. The van der Waals surface area contributed by atoms with E-state index in [1.807, 2.05) is 7.11 Å². The number of carbonyl (C=O) groups excluding carboxylic acids is 4. The third-order valence-electron chi connectivity index (χ3n) is 21.2. The Balaban J connectivity index is 0.000000206. The quantitative estimate of drug-likeness (QED) is 0.245. The Kier molecular flexibility index (Phi) is 14.0. The number of Topliss-reactive ketones (excluding diaryl/α,β-unsaturated/α-hetero) is 2. The van der Waals surface area contributed by atoms with Gasteiger partial charge in [0, 0.05) is 66.7 Å². The number of alkyl carbamates (subject to hydrolysis) is 1. The fourth-order valence-electron chi connectivity index (χ4n) is 17.8. The molecule has 64 heavy (non-hydrogen) atoms. The second-order valence-corrected chi connectivity index (χ2v) is 25.4. The Morgan fingerprint density at radius 1 is 0.703 bits per heavy atom. The van der Waals surface area contributed by atoms with Crippen LogP contribution in [0.4, 0.5) is 4.79 Å². The summed E-state index contributed by atoms with van der Waals surface area (Å²) in [6.07, 6.45) is 10.6. The summed E-state index contributed by atoms with van der Waals surface area (Å²) in [4.78, 5) is 57.0. The molecule has 10 heteroatoms. The minimum atomic E-state index is -0.651. The number of hydrogen-bond acceptors (Lipinski definition) is 9. The fraction of sp³-hybridized carbons (Fsp3) is 0.926. The van der Waals surface area contributed by atoms with E-state index in [4.69, 9.17) is 14.2 Å². The molecular formula is C54H90N2O8. The van der Waals surface area contributed by atoms with Gasteiger partial charge in [0.1, 0.15) is 17.7 Å². The smallest absolute Gasteiger partial charge is 0.414 e. The number of amides is 2. The maximum absolute atomic E-state index is 14.4. The third-order valence-corrected chi connectivity index (χ3v) is 21.2. The highest BCUT2D eigenvalue weighted by atomic mass is 16.6. The zero-order valence-corrected chi connectivity index (χ0v) is 42.6. The second-order valence-electron chi connectivity index (χ2n) is 25.4. The number of methoxy groups -OCH3 is 2. The van der Waals surface area contributed by atoms with Crippen molar-refractivity contribution in [1.29, 1.82) is 0 Å². The lowest BCUT2D eigenvalue weighted by atomic mass is 9.43. The number of rotatable bonds is 8. The van der Waals surface area contributed by atoms with Crippen molar-refractivity contribution < 1.29 is 38.5 Å². The Bertz CT molecular complexity index is 1770. The van der Waals surface area contributed by atoms with Gasteiger partial charge in [0.05, 0.1) is 24.2 Å². The predicted molar refractivity (Wildman–Crippen MR) is 250 cm³/mol. The van der Waals surface area contributed by atoms with Crippen LogP contribution >= 0.6 is 0 Å². The Morgan fingerprint density at radius 2 is 1.17 bits per heavy atom. The topological polar surface area (TPSA) is 131 Å². The highest BCUT2D eigenvalue weighted by Crippen LogP contribution is 2.70. The molecule has 19 atom stereocenters. The van der Waals surface area contributed by atoms with Crippen LogP contribution in [0.1, 0.15) is 167 Å². The zero-order chi connectivity index (χ0) is 47.1. The Morgan fingerprint density at radius 3 is 1.62 bits per heavy atom. The summed E-state index contributed by atoms with van der Waals surface area (Å²) in [7, 11) is 3.60. The number of imide groups is 1.